The van der Waals surface area contributed by atoms with Crippen LogP contribution in [0.25, 0.3) is 0 Å². The van der Waals surface area contributed by atoms with Crippen molar-refractivity contribution in [2.24, 2.45) is 4.99 Å². The number of guanidine groups is 1. The molecular formula is C23H37IN6O3. The number of hydrogen-bond acceptors (Lipinski definition) is 5. The predicted octanol–water partition coefficient (Wildman–Crippen LogP) is 0.786. The molecule has 0 bridgehead atoms. The first kappa shape index (κ1) is 27.2. The third-order valence-electron chi connectivity index (χ3n) is 5.70. The van der Waals surface area contributed by atoms with Gasteiger partial charge in [-0.1, -0.05) is 12.1 Å². The van der Waals surface area contributed by atoms with Crippen LogP contribution in [0, 0.1) is 0 Å². The number of benzene rings is 1. The largest absolute Gasteiger partial charge is 0.497 e. The van der Waals surface area contributed by atoms with Crippen LogP contribution in [-0.2, 0) is 16.0 Å². The maximum atomic E-state index is 12.1. The lowest BCUT2D eigenvalue weighted by Crippen LogP contribution is -2.54. The van der Waals surface area contributed by atoms with E-state index >= 15 is 0 Å². The molecular weight excluding hydrogens is 535 g/mol. The molecule has 2 N–H and O–H groups in total. The lowest BCUT2D eigenvalue weighted by Gasteiger charge is -2.36. The Hall–Kier alpha value is -2.08. The molecule has 0 unspecified atom stereocenters. The molecule has 1 aliphatic heterocycles. The zero-order valence-corrected chi connectivity index (χ0v) is 22.2. The second kappa shape index (κ2) is 13.6. The molecule has 3 rings (SSSR count). The quantitative estimate of drug-likeness (QED) is 0.259. The van der Waals surface area contributed by atoms with Crippen molar-refractivity contribution in [1.29, 1.82) is 0 Å². The van der Waals surface area contributed by atoms with Gasteiger partial charge in [-0.05, 0) is 37.0 Å². The number of hydrogen-bond donors (Lipinski definition) is 2. The molecule has 0 radical (unpaired) electrons. The monoisotopic (exact) mass is 572 g/mol. The maximum absolute atomic E-state index is 12.1. The zero-order valence-electron chi connectivity index (χ0n) is 19.9. The average Bonchev–Trinajstić information content (AvgIpc) is 3.60. The maximum Gasteiger partial charge on any atom is 0.243 e. The number of methoxy groups -OCH3 is 1. The summed E-state index contributed by atoms with van der Waals surface area (Å²) in [6, 6.07) is 8.42. The molecule has 10 heteroatoms. The fourth-order valence-electron chi connectivity index (χ4n) is 3.48. The molecule has 1 aliphatic carbocycles. The summed E-state index contributed by atoms with van der Waals surface area (Å²) in [4.78, 5) is 34.6. The molecule has 2 amide bonds. The summed E-state index contributed by atoms with van der Waals surface area (Å²) < 4.78 is 5.21. The Labute approximate surface area is 213 Å². The number of piperazine rings is 1. The van der Waals surface area contributed by atoms with E-state index in [1.54, 1.807) is 26.1 Å². The van der Waals surface area contributed by atoms with Gasteiger partial charge in [0.2, 0.25) is 11.8 Å². The van der Waals surface area contributed by atoms with Crippen molar-refractivity contribution in [3.8, 4) is 5.75 Å². The van der Waals surface area contributed by atoms with Gasteiger partial charge in [0.25, 0.3) is 0 Å². The number of amides is 2. The highest BCUT2D eigenvalue weighted by molar-refractivity contribution is 14.0. The van der Waals surface area contributed by atoms with E-state index in [1.165, 1.54) is 5.56 Å². The number of nitrogens with zero attached hydrogens (tertiary/aromatic N) is 4. The van der Waals surface area contributed by atoms with E-state index in [4.69, 9.17) is 4.74 Å². The summed E-state index contributed by atoms with van der Waals surface area (Å²) in [6.07, 6.45) is 3.05. The van der Waals surface area contributed by atoms with Gasteiger partial charge in [0, 0.05) is 52.9 Å². The molecule has 1 heterocycles. The average molecular weight is 572 g/mol. The van der Waals surface area contributed by atoms with Crippen LogP contribution in [-0.4, -0.2) is 106 Å². The minimum absolute atomic E-state index is 0. The van der Waals surface area contributed by atoms with Crippen LogP contribution in [0.5, 0.6) is 5.75 Å². The Bertz CT molecular complexity index is 790. The molecule has 0 atom stereocenters. The van der Waals surface area contributed by atoms with Crippen molar-refractivity contribution in [2.45, 2.75) is 25.3 Å². The van der Waals surface area contributed by atoms with Crippen molar-refractivity contribution in [3.63, 3.8) is 0 Å². The van der Waals surface area contributed by atoms with E-state index in [0.717, 1.165) is 57.2 Å². The number of carbonyl (C=O) groups excluding carboxylic acids is 2. The Balaban J connectivity index is 0.00000385. The summed E-state index contributed by atoms with van der Waals surface area (Å²) in [6.45, 7) is 4.38. The van der Waals surface area contributed by atoms with Crippen LogP contribution in [0.4, 0.5) is 0 Å². The van der Waals surface area contributed by atoms with Crippen molar-refractivity contribution in [1.82, 2.24) is 25.3 Å². The first-order valence-electron chi connectivity index (χ1n) is 11.3. The van der Waals surface area contributed by atoms with Crippen molar-refractivity contribution in [2.75, 3.05) is 67.0 Å². The molecule has 184 valence electrons. The van der Waals surface area contributed by atoms with E-state index in [1.807, 2.05) is 12.1 Å². The van der Waals surface area contributed by atoms with Gasteiger partial charge in [-0.15, -0.1) is 24.0 Å². The second-order valence-electron chi connectivity index (χ2n) is 8.56. The SMILES string of the molecule is COc1ccc(CCNC(=NCC(=O)N(C)C)N2CCN(CC(=O)NC3CC3)CC2)cc1.I. The van der Waals surface area contributed by atoms with Crippen LogP contribution < -0.4 is 15.4 Å². The molecule has 1 aromatic rings. The lowest BCUT2D eigenvalue weighted by atomic mass is 10.1. The standard InChI is InChI=1S/C23H36N6O3.HI/c1-27(2)22(31)16-25-23(24-11-10-18-4-8-20(32-3)9-5-18)29-14-12-28(13-15-29)17-21(30)26-19-6-7-19;/h4-5,8-9,19H,6-7,10-17H2,1-3H3,(H,24,25)(H,26,30);1H. The van der Waals surface area contributed by atoms with Crippen LogP contribution >= 0.6 is 24.0 Å². The molecule has 1 aromatic carbocycles. The van der Waals surface area contributed by atoms with Gasteiger partial charge in [0.1, 0.15) is 12.3 Å². The molecule has 0 aromatic heterocycles. The van der Waals surface area contributed by atoms with Gasteiger partial charge in [-0.25, -0.2) is 4.99 Å². The topological polar surface area (TPSA) is 89.5 Å². The van der Waals surface area contributed by atoms with Gasteiger partial charge in [-0.3, -0.25) is 14.5 Å². The summed E-state index contributed by atoms with van der Waals surface area (Å²) in [5.41, 5.74) is 1.20. The third-order valence-corrected chi connectivity index (χ3v) is 5.70. The summed E-state index contributed by atoms with van der Waals surface area (Å²) in [5, 5.41) is 6.48. The molecule has 2 fully saturated rings. The van der Waals surface area contributed by atoms with Crippen LogP contribution in [0.3, 0.4) is 0 Å². The van der Waals surface area contributed by atoms with Crippen LogP contribution in [0.1, 0.15) is 18.4 Å². The van der Waals surface area contributed by atoms with Crippen LogP contribution in [0.15, 0.2) is 29.3 Å². The third kappa shape index (κ3) is 9.36. The fraction of sp³-hybridized carbons (Fsp3) is 0.609. The first-order chi connectivity index (χ1) is 15.4. The Morgan fingerprint density at radius 3 is 2.36 bits per heavy atom. The Morgan fingerprint density at radius 2 is 1.79 bits per heavy atom. The zero-order chi connectivity index (χ0) is 22.9. The number of aliphatic imine (C=N–C) groups is 1. The minimum atomic E-state index is -0.0326. The van der Waals surface area contributed by atoms with Crippen LogP contribution in [0.2, 0.25) is 0 Å². The molecule has 1 saturated heterocycles. The van der Waals surface area contributed by atoms with Gasteiger partial charge < -0.3 is 25.2 Å². The smallest absolute Gasteiger partial charge is 0.243 e. The fourth-order valence-corrected chi connectivity index (χ4v) is 3.48. The molecule has 1 saturated carbocycles. The number of carbonyl (C=O) groups is 2. The Kier molecular flexibility index (Phi) is 11.2. The normalized spacial score (nSPS) is 16.6. The van der Waals surface area contributed by atoms with E-state index < -0.39 is 0 Å². The van der Waals surface area contributed by atoms with Crippen molar-refractivity contribution in [3.05, 3.63) is 29.8 Å². The van der Waals surface area contributed by atoms with E-state index in [-0.39, 0.29) is 42.3 Å². The highest BCUT2D eigenvalue weighted by atomic mass is 127. The van der Waals surface area contributed by atoms with Gasteiger partial charge >= 0.3 is 0 Å². The van der Waals surface area contributed by atoms with E-state index in [9.17, 15) is 9.59 Å². The van der Waals surface area contributed by atoms with E-state index in [2.05, 4.69) is 37.6 Å². The van der Waals surface area contributed by atoms with Gasteiger partial charge in [0.05, 0.1) is 13.7 Å². The summed E-state index contributed by atoms with van der Waals surface area (Å²) in [7, 11) is 5.13. The number of ether oxygens (including phenoxy) is 1. The predicted molar refractivity (Wildman–Crippen MR) is 140 cm³/mol. The number of halogens is 1. The highest BCUT2D eigenvalue weighted by Crippen LogP contribution is 2.18. The van der Waals surface area contributed by atoms with Crippen molar-refractivity contribution >= 4 is 41.8 Å². The molecule has 2 aliphatic rings. The first-order valence-corrected chi connectivity index (χ1v) is 11.3. The molecule has 0 spiro atoms. The Morgan fingerprint density at radius 1 is 1.12 bits per heavy atom. The number of likely N-dealkylation sites (N-methyl/N-ethyl adjacent to an activating group) is 1. The summed E-state index contributed by atoms with van der Waals surface area (Å²) in [5.74, 6) is 1.67. The highest BCUT2D eigenvalue weighted by Gasteiger charge is 2.26. The second-order valence-corrected chi connectivity index (χ2v) is 8.56. The number of rotatable bonds is 9. The minimum Gasteiger partial charge on any atom is -0.497 e. The molecule has 9 nitrogen and oxygen atoms in total. The van der Waals surface area contributed by atoms with Gasteiger partial charge in [-0.2, -0.15) is 0 Å². The number of nitrogens with one attached hydrogen (secondary N) is 2. The summed E-state index contributed by atoms with van der Waals surface area (Å²) >= 11 is 0. The lowest BCUT2D eigenvalue weighted by molar-refractivity contribution is -0.127. The van der Waals surface area contributed by atoms with E-state index in [0.29, 0.717) is 19.1 Å². The van der Waals surface area contributed by atoms with Gasteiger partial charge in [0.15, 0.2) is 5.96 Å². The molecule has 33 heavy (non-hydrogen) atoms. The van der Waals surface area contributed by atoms with Crippen molar-refractivity contribution < 1.29 is 14.3 Å².